The number of hydrogen-bond acceptors (Lipinski definition) is 3. The first-order valence-corrected chi connectivity index (χ1v) is 6.26. The van der Waals surface area contributed by atoms with Gasteiger partial charge in [0.1, 0.15) is 5.75 Å². The summed E-state index contributed by atoms with van der Waals surface area (Å²) in [7, 11) is 1.76. The predicted molar refractivity (Wildman–Crippen MR) is 71.4 cm³/mol. The second-order valence-corrected chi connectivity index (χ2v) is 5.38. The van der Waals surface area contributed by atoms with Gasteiger partial charge in [0.25, 0.3) is 0 Å². The Morgan fingerprint density at radius 1 is 1.44 bits per heavy atom. The molecule has 0 bridgehead atoms. The van der Waals surface area contributed by atoms with E-state index in [4.69, 9.17) is 5.73 Å². The van der Waals surface area contributed by atoms with E-state index in [0.29, 0.717) is 12.5 Å². The van der Waals surface area contributed by atoms with Gasteiger partial charge in [-0.2, -0.15) is 0 Å². The highest BCUT2D eigenvalue weighted by Crippen LogP contribution is 2.46. The van der Waals surface area contributed by atoms with Gasteiger partial charge in [0, 0.05) is 19.3 Å². The number of carbonyl (C=O) groups excluding carboxylic acids is 1. The van der Waals surface area contributed by atoms with E-state index < -0.39 is 0 Å². The van der Waals surface area contributed by atoms with E-state index in [-0.39, 0.29) is 17.1 Å². The lowest BCUT2D eigenvalue weighted by atomic mass is 9.62. The van der Waals surface area contributed by atoms with Crippen LogP contribution in [0.25, 0.3) is 0 Å². The number of amides is 1. The van der Waals surface area contributed by atoms with E-state index in [9.17, 15) is 9.90 Å². The maximum Gasteiger partial charge on any atom is 0.234 e. The molecule has 1 saturated carbocycles. The molecule has 1 aliphatic rings. The van der Waals surface area contributed by atoms with Crippen LogP contribution in [0.1, 0.15) is 19.8 Å². The first-order chi connectivity index (χ1) is 8.48. The summed E-state index contributed by atoms with van der Waals surface area (Å²) >= 11 is 0. The summed E-state index contributed by atoms with van der Waals surface area (Å²) in [5.74, 6) is 0.852. The molecule has 18 heavy (non-hydrogen) atoms. The van der Waals surface area contributed by atoms with E-state index in [1.54, 1.807) is 36.2 Å². The SMILES string of the molecule is CC1CC(CN)(C(=O)N(C)c2ccc(O)cc2)C1. The number of benzene rings is 1. The van der Waals surface area contributed by atoms with Crippen LogP contribution < -0.4 is 10.6 Å². The molecule has 4 nitrogen and oxygen atoms in total. The number of phenolic OH excluding ortho intramolecular Hbond substituents is 1. The van der Waals surface area contributed by atoms with Crippen LogP contribution in [0.2, 0.25) is 0 Å². The molecular formula is C14H20N2O2. The second kappa shape index (κ2) is 4.61. The Labute approximate surface area is 107 Å². The van der Waals surface area contributed by atoms with Gasteiger partial charge in [0.15, 0.2) is 0 Å². The van der Waals surface area contributed by atoms with Gasteiger partial charge in [-0.25, -0.2) is 0 Å². The third kappa shape index (κ3) is 2.08. The van der Waals surface area contributed by atoms with Crippen molar-refractivity contribution < 1.29 is 9.90 Å². The normalized spacial score (nSPS) is 26.5. The molecule has 1 aromatic carbocycles. The number of carbonyl (C=O) groups is 1. The largest absolute Gasteiger partial charge is 0.508 e. The zero-order chi connectivity index (χ0) is 13.3. The molecule has 0 unspecified atom stereocenters. The fraction of sp³-hybridized carbons (Fsp3) is 0.500. The summed E-state index contributed by atoms with van der Waals surface area (Å²) in [6.07, 6.45) is 1.73. The molecule has 3 N–H and O–H groups in total. The van der Waals surface area contributed by atoms with Crippen molar-refractivity contribution in [3.8, 4) is 5.75 Å². The van der Waals surface area contributed by atoms with Gasteiger partial charge in [-0.3, -0.25) is 4.79 Å². The minimum atomic E-state index is -0.383. The molecule has 0 aliphatic heterocycles. The van der Waals surface area contributed by atoms with Gasteiger partial charge in [-0.1, -0.05) is 6.92 Å². The van der Waals surface area contributed by atoms with Crippen molar-refractivity contribution in [2.45, 2.75) is 19.8 Å². The van der Waals surface area contributed by atoms with Crippen molar-refractivity contribution in [1.29, 1.82) is 0 Å². The molecule has 0 aromatic heterocycles. The van der Waals surface area contributed by atoms with Crippen molar-refractivity contribution >= 4 is 11.6 Å². The molecule has 1 amide bonds. The fourth-order valence-electron chi connectivity index (χ4n) is 2.85. The highest BCUT2D eigenvalue weighted by molar-refractivity contribution is 5.98. The average Bonchev–Trinajstić information content (AvgIpc) is 2.34. The molecule has 1 aliphatic carbocycles. The van der Waals surface area contributed by atoms with Crippen LogP contribution in [0.5, 0.6) is 5.75 Å². The third-order valence-electron chi connectivity index (χ3n) is 3.86. The summed E-state index contributed by atoms with van der Waals surface area (Å²) in [5, 5.41) is 9.25. The smallest absolute Gasteiger partial charge is 0.234 e. The molecule has 0 heterocycles. The van der Waals surface area contributed by atoms with E-state index in [1.165, 1.54) is 0 Å². The Kier molecular flexibility index (Phi) is 3.30. The van der Waals surface area contributed by atoms with Gasteiger partial charge >= 0.3 is 0 Å². The maximum atomic E-state index is 12.5. The van der Waals surface area contributed by atoms with Crippen molar-refractivity contribution in [2.24, 2.45) is 17.1 Å². The van der Waals surface area contributed by atoms with Crippen LogP contribution >= 0.6 is 0 Å². The van der Waals surface area contributed by atoms with E-state index >= 15 is 0 Å². The summed E-state index contributed by atoms with van der Waals surface area (Å²) in [6.45, 7) is 2.54. The monoisotopic (exact) mass is 248 g/mol. The summed E-state index contributed by atoms with van der Waals surface area (Å²) in [4.78, 5) is 14.1. The minimum Gasteiger partial charge on any atom is -0.508 e. The molecule has 0 atom stereocenters. The van der Waals surface area contributed by atoms with Gasteiger partial charge in [-0.05, 0) is 43.0 Å². The number of phenols is 1. The number of nitrogens with zero attached hydrogens (tertiary/aromatic N) is 1. The van der Waals surface area contributed by atoms with Crippen LogP contribution in [-0.4, -0.2) is 24.6 Å². The highest BCUT2D eigenvalue weighted by atomic mass is 16.3. The lowest BCUT2D eigenvalue weighted by molar-refractivity contribution is -0.134. The molecular weight excluding hydrogens is 228 g/mol. The van der Waals surface area contributed by atoms with Gasteiger partial charge in [0.2, 0.25) is 5.91 Å². The Bertz CT molecular complexity index is 436. The third-order valence-corrected chi connectivity index (χ3v) is 3.86. The zero-order valence-corrected chi connectivity index (χ0v) is 10.9. The van der Waals surface area contributed by atoms with Crippen molar-refractivity contribution in [3.05, 3.63) is 24.3 Å². The number of rotatable bonds is 3. The van der Waals surface area contributed by atoms with E-state index in [2.05, 4.69) is 6.92 Å². The lowest BCUT2D eigenvalue weighted by Gasteiger charge is -2.46. The molecule has 0 spiro atoms. The molecule has 1 fully saturated rings. The molecule has 0 radical (unpaired) electrons. The number of aromatic hydroxyl groups is 1. The number of hydrogen-bond donors (Lipinski definition) is 2. The highest BCUT2D eigenvalue weighted by Gasteiger charge is 2.48. The number of nitrogens with two attached hydrogens (primary N) is 1. The fourth-order valence-corrected chi connectivity index (χ4v) is 2.85. The molecule has 0 saturated heterocycles. The summed E-state index contributed by atoms with van der Waals surface area (Å²) in [6, 6.07) is 6.63. The molecule has 4 heteroatoms. The van der Waals surface area contributed by atoms with Crippen molar-refractivity contribution in [2.75, 3.05) is 18.5 Å². The van der Waals surface area contributed by atoms with Gasteiger partial charge in [-0.15, -0.1) is 0 Å². The Hall–Kier alpha value is -1.55. The second-order valence-electron chi connectivity index (χ2n) is 5.38. The van der Waals surface area contributed by atoms with Crippen molar-refractivity contribution in [1.82, 2.24) is 0 Å². The Balaban J connectivity index is 2.16. The zero-order valence-electron chi connectivity index (χ0n) is 10.9. The topological polar surface area (TPSA) is 66.6 Å². The van der Waals surface area contributed by atoms with Crippen LogP contribution in [-0.2, 0) is 4.79 Å². The Morgan fingerprint density at radius 2 is 2.00 bits per heavy atom. The summed E-state index contributed by atoms with van der Waals surface area (Å²) < 4.78 is 0. The van der Waals surface area contributed by atoms with E-state index in [1.807, 2.05) is 0 Å². The first-order valence-electron chi connectivity index (χ1n) is 6.26. The van der Waals surface area contributed by atoms with Gasteiger partial charge in [0.05, 0.1) is 5.41 Å². The standard InChI is InChI=1S/C14H20N2O2/c1-10-7-14(8-10,9-15)13(18)16(2)11-3-5-12(17)6-4-11/h3-6,10,17H,7-9,15H2,1-2H3. The minimum absolute atomic E-state index is 0.0776. The molecule has 98 valence electrons. The molecule has 2 rings (SSSR count). The number of anilines is 1. The quantitative estimate of drug-likeness (QED) is 0.856. The van der Waals surface area contributed by atoms with Crippen LogP contribution in [0.3, 0.4) is 0 Å². The van der Waals surface area contributed by atoms with E-state index in [0.717, 1.165) is 18.5 Å². The predicted octanol–water partition coefficient (Wildman–Crippen LogP) is 1.73. The average molecular weight is 248 g/mol. The van der Waals surface area contributed by atoms with Gasteiger partial charge < -0.3 is 15.7 Å². The van der Waals surface area contributed by atoms with Crippen LogP contribution in [0.4, 0.5) is 5.69 Å². The first kappa shape index (κ1) is 12.9. The van der Waals surface area contributed by atoms with Crippen LogP contribution in [0, 0.1) is 11.3 Å². The van der Waals surface area contributed by atoms with Crippen molar-refractivity contribution in [3.63, 3.8) is 0 Å². The maximum absolute atomic E-state index is 12.5. The Morgan fingerprint density at radius 3 is 2.44 bits per heavy atom. The lowest BCUT2D eigenvalue weighted by Crippen LogP contribution is -2.53. The molecule has 1 aromatic rings. The summed E-state index contributed by atoms with van der Waals surface area (Å²) in [5.41, 5.74) is 6.18. The van der Waals surface area contributed by atoms with Crippen LogP contribution in [0.15, 0.2) is 24.3 Å².